The molecule has 3 rings (SSSR count). The smallest absolute Gasteiger partial charge is 0.259 e. The summed E-state index contributed by atoms with van der Waals surface area (Å²) in [5, 5.41) is 2.88. The quantitative estimate of drug-likeness (QED) is 0.599. The van der Waals surface area contributed by atoms with Gasteiger partial charge in [0.05, 0.1) is 12.7 Å². The topological polar surface area (TPSA) is 47.6 Å². The molecule has 0 aliphatic rings. The molecule has 0 aromatic heterocycles. The molecule has 0 aliphatic carbocycles. The van der Waals surface area contributed by atoms with E-state index < -0.39 is 0 Å². The molecule has 3 aromatic carbocycles. The minimum atomic E-state index is -0.247. The third kappa shape index (κ3) is 4.64. The van der Waals surface area contributed by atoms with E-state index >= 15 is 0 Å². The maximum atomic E-state index is 12.6. The Kier molecular flexibility index (Phi) is 5.92. The van der Waals surface area contributed by atoms with E-state index in [0.717, 1.165) is 10.0 Å². The lowest BCUT2D eigenvalue weighted by atomic mass is 10.2. The Morgan fingerprint density at radius 1 is 1.00 bits per heavy atom. The predicted molar refractivity (Wildman–Crippen MR) is 106 cm³/mol. The average Bonchev–Trinajstić information content (AvgIpc) is 2.67. The highest BCUT2D eigenvalue weighted by Gasteiger charge is 2.13. The van der Waals surface area contributed by atoms with E-state index in [1.54, 1.807) is 18.2 Å². The van der Waals surface area contributed by atoms with Crippen molar-refractivity contribution in [2.45, 2.75) is 6.61 Å². The highest BCUT2D eigenvalue weighted by molar-refractivity contribution is 9.10. The number of nitrogens with one attached hydrogen (secondary N) is 1. The van der Waals surface area contributed by atoms with Crippen molar-refractivity contribution >= 4 is 27.5 Å². The number of methoxy groups -OCH3 is 1. The van der Waals surface area contributed by atoms with Gasteiger partial charge in [-0.15, -0.1) is 0 Å². The van der Waals surface area contributed by atoms with Gasteiger partial charge in [0, 0.05) is 16.2 Å². The lowest BCUT2D eigenvalue weighted by Gasteiger charge is -2.11. The zero-order valence-electron chi connectivity index (χ0n) is 14.2. The third-order valence-electron chi connectivity index (χ3n) is 3.75. The van der Waals surface area contributed by atoms with Crippen LogP contribution in [0.2, 0.25) is 0 Å². The lowest BCUT2D eigenvalue weighted by Crippen LogP contribution is -2.13. The molecule has 5 heteroatoms. The molecule has 132 valence electrons. The molecule has 0 heterocycles. The van der Waals surface area contributed by atoms with E-state index in [2.05, 4.69) is 21.2 Å². The summed E-state index contributed by atoms with van der Waals surface area (Å²) in [7, 11) is 1.54. The van der Waals surface area contributed by atoms with E-state index in [1.165, 1.54) is 7.11 Å². The fourth-order valence-electron chi connectivity index (χ4n) is 2.46. The van der Waals surface area contributed by atoms with Crippen molar-refractivity contribution in [3.63, 3.8) is 0 Å². The highest BCUT2D eigenvalue weighted by atomic mass is 79.9. The van der Waals surface area contributed by atoms with Gasteiger partial charge >= 0.3 is 0 Å². The molecule has 0 atom stereocenters. The minimum absolute atomic E-state index is 0.247. The lowest BCUT2D eigenvalue weighted by molar-refractivity contribution is 0.102. The van der Waals surface area contributed by atoms with Crippen LogP contribution in [0.5, 0.6) is 11.5 Å². The molecule has 0 unspecified atom stereocenters. The molecule has 0 aliphatic heterocycles. The zero-order valence-corrected chi connectivity index (χ0v) is 15.8. The van der Waals surface area contributed by atoms with Gasteiger partial charge in [-0.2, -0.15) is 0 Å². The highest BCUT2D eigenvalue weighted by Crippen LogP contribution is 2.25. The van der Waals surface area contributed by atoms with Gasteiger partial charge in [-0.3, -0.25) is 4.79 Å². The first-order valence-corrected chi connectivity index (χ1v) is 8.86. The average molecular weight is 412 g/mol. The minimum Gasteiger partial charge on any atom is -0.496 e. The summed E-state index contributed by atoms with van der Waals surface area (Å²) in [5.41, 5.74) is 2.20. The molecule has 0 spiro atoms. The van der Waals surface area contributed by atoms with Crippen molar-refractivity contribution in [2.24, 2.45) is 0 Å². The number of ether oxygens (including phenoxy) is 2. The zero-order chi connectivity index (χ0) is 18.4. The molecule has 0 fully saturated rings. The van der Waals surface area contributed by atoms with E-state index in [0.29, 0.717) is 29.4 Å². The van der Waals surface area contributed by atoms with Gasteiger partial charge in [-0.05, 0) is 35.9 Å². The predicted octanol–water partition coefficient (Wildman–Crippen LogP) is 5.29. The summed E-state index contributed by atoms with van der Waals surface area (Å²) in [5.74, 6) is 0.957. The van der Waals surface area contributed by atoms with Gasteiger partial charge in [0.25, 0.3) is 5.91 Å². The Morgan fingerprint density at radius 2 is 1.81 bits per heavy atom. The molecule has 1 N–H and O–H groups in total. The molecule has 0 saturated heterocycles. The van der Waals surface area contributed by atoms with Crippen molar-refractivity contribution in [2.75, 3.05) is 12.4 Å². The van der Waals surface area contributed by atoms with Crippen LogP contribution in [0.3, 0.4) is 0 Å². The number of rotatable bonds is 6. The molecule has 0 radical (unpaired) electrons. The molecule has 4 nitrogen and oxygen atoms in total. The first-order valence-electron chi connectivity index (χ1n) is 8.07. The van der Waals surface area contributed by atoms with E-state index in [1.807, 2.05) is 54.6 Å². The van der Waals surface area contributed by atoms with Crippen molar-refractivity contribution < 1.29 is 14.3 Å². The van der Waals surface area contributed by atoms with Gasteiger partial charge in [-0.1, -0.05) is 52.3 Å². The van der Waals surface area contributed by atoms with Crippen LogP contribution in [0, 0.1) is 0 Å². The fraction of sp³-hybridized carbons (Fsp3) is 0.0952. The first-order chi connectivity index (χ1) is 12.7. The summed E-state index contributed by atoms with van der Waals surface area (Å²) in [4.78, 5) is 12.6. The van der Waals surface area contributed by atoms with Crippen molar-refractivity contribution in [3.05, 3.63) is 88.4 Å². The van der Waals surface area contributed by atoms with Gasteiger partial charge in [-0.25, -0.2) is 0 Å². The maximum Gasteiger partial charge on any atom is 0.259 e. The van der Waals surface area contributed by atoms with Gasteiger partial charge in [0.1, 0.15) is 18.1 Å². The number of hydrogen-bond donors (Lipinski definition) is 1. The summed E-state index contributed by atoms with van der Waals surface area (Å²) in [6.45, 7) is 0.470. The van der Waals surface area contributed by atoms with Crippen LogP contribution < -0.4 is 14.8 Å². The molecular weight excluding hydrogens is 394 g/mol. The summed E-state index contributed by atoms with van der Waals surface area (Å²) in [6, 6.07) is 22.5. The van der Waals surface area contributed by atoms with Gasteiger partial charge < -0.3 is 14.8 Å². The second-order valence-corrected chi connectivity index (χ2v) is 6.52. The Morgan fingerprint density at radius 3 is 2.58 bits per heavy atom. The Balaban J connectivity index is 1.70. The van der Waals surface area contributed by atoms with Gasteiger partial charge in [0.15, 0.2) is 0 Å². The molecule has 0 bridgehead atoms. The summed E-state index contributed by atoms with van der Waals surface area (Å²) in [6.07, 6.45) is 0. The van der Waals surface area contributed by atoms with Crippen molar-refractivity contribution in [3.8, 4) is 11.5 Å². The molecule has 3 aromatic rings. The van der Waals surface area contributed by atoms with Crippen LogP contribution in [0.1, 0.15) is 15.9 Å². The number of benzene rings is 3. The van der Waals surface area contributed by atoms with Crippen molar-refractivity contribution in [1.29, 1.82) is 0 Å². The third-order valence-corrected chi connectivity index (χ3v) is 4.24. The van der Waals surface area contributed by atoms with E-state index in [9.17, 15) is 4.79 Å². The number of hydrogen-bond acceptors (Lipinski definition) is 3. The normalized spacial score (nSPS) is 10.2. The second kappa shape index (κ2) is 8.54. The van der Waals surface area contributed by atoms with Crippen molar-refractivity contribution in [1.82, 2.24) is 0 Å². The molecular formula is C21H18BrNO3. The fourth-order valence-corrected chi connectivity index (χ4v) is 2.82. The van der Waals surface area contributed by atoms with Crippen LogP contribution in [-0.4, -0.2) is 13.0 Å². The number of halogens is 1. The number of anilines is 1. The maximum absolute atomic E-state index is 12.6. The number of carbonyl (C=O) groups excluding carboxylic acids is 1. The molecule has 26 heavy (non-hydrogen) atoms. The molecule has 0 saturated carbocycles. The number of amides is 1. The van der Waals surface area contributed by atoms with E-state index in [4.69, 9.17) is 9.47 Å². The Bertz CT molecular complexity index is 897. The molecule has 1 amide bonds. The monoisotopic (exact) mass is 411 g/mol. The number of carbonyl (C=O) groups is 1. The van der Waals surface area contributed by atoms with Crippen LogP contribution in [-0.2, 0) is 6.61 Å². The van der Waals surface area contributed by atoms with Crippen LogP contribution in [0.4, 0.5) is 5.69 Å². The SMILES string of the molecule is COc1ccc(Br)cc1C(=O)Nc1cccc(OCc2ccccc2)c1. The van der Waals surface area contributed by atoms with Gasteiger partial charge in [0.2, 0.25) is 0 Å². The standard InChI is InChI=1S/C21H18BrNO3/c1-25-20-11-10-16(22)12-19(20)21(24)23-17-8-5-9-18(13-17)26-14-15-6-3-2-4-7-15/h2-13H,14H2,1H3,(H,23,24). The first kappa shape index (κ1) is 18.0. The van der Waals surface area contributed by atoms with Crippen LogP contribution >= 0.6 is 15.9 Å². The Labute approximate surface area is 160 Å². The van der Waals surface area contributed by atoms with E-state index in [-0.39, 0.29) is 5.91 Å². The summed E-state index contributed by atoms with van der Waals surface area (Å²) >= 11 is 3.38. The van der Waals surface area contributed by atoms with Crippen LogP contribution in [0.25, 0.3) is 0 Å². The summed E-state index contributed by atoms with van der Waals surface area (Å²) < 4.78 is 11.9. The van der Waals surface area contributed by atoms with Crippen LogP contribution in [0.15, 0.2) is 77.3 Å². The largest absolute Gasteiger partial charge is 0.496 e. The Hall–Kier alpha value is -2.79. The second-order valence-electron chi connectivity index (χ2n) is 5.60.